The van der Waals surface area contributed by atoms with Crippen LogP contribution in [0.2, 0.25) is 0 Å². The van der Waals surface area contributed by atoms with Crippen molar-refractivity contribution < 1.29 is 9.18 Å². The van der Waals surface area contributed by atoms with Crippen molar-refractivity contribution in [3.05, 3.63) is 88.4 Å². The molecule has 0 spiro atoms. The highest BCUT2D eigenvalue weighted by molar-refractivity contribution is 7.22. The molecule has 2 aromatic heterocycles. The van der Waals surface area contributed by atoms with Gasteiger partial charge in [0.25, 0.3) is 5.91 Å². The number of rotatable bonds is 5. The van der Waals surface area contributed by atoms with Gasteiger partial charge >= 0.3 is 0 Å². The van der Waals surface area contributed by atoms with Crippen LogP contribution in [0.4, 0.5) is 9.52 Å². The molecule has 27 heavy (non-hydrogen) atoms. The normalized spacial score (nSPS) is 11.3. The average Bonchev–Trinajstić information content (AvgIpc) is 3.34. The van der Waals surface area contributed by atoms with Crippen molar-refractivity contribution in [3.8, 4) is 0 Å². The lowest BCUT2D eigenvalue weighted by Crippen LogP contribution is -2.28. The minimum Gasteiger partial charge on any atom is -0.280 e. The topological polar surface area (TPSA) is 33.2 Å². The first kappa shape index (κ1) is 17.6. The molecule has 1 amide bonds. The molecule has 2 heterocycles. The van der Waals surface area contributed by atoms with Crippen LogP contribution in [0.15, 0.2) is 72.1 Å². The third kappa shape index (κ3) is 4.13. The molecule has 6 heteroatoms. The number of thiophene rings is 1. The lowest BCUT2D eigenvalue weighted by molar-refractivity contribution is -0.114. The molecule has 4 aromatic rings. The summed E-state index contributed by atoms with van der Waals surface area (Å²) in [6.07, 6.45) is 3.36. The molecule has 4 rings (SSSR count). The van der Waals surface area contributed by atoms with E-state index in [0.717, 1.165) is 15.1 Å². The van der Waals surface area contributed by atoms with Crippen LogP contribution in [-0.2, 0) is 11.3 Å². The van der Waals surface area contributed by atoms with Crippen LogP contribution in [0.1, 0.15) is 10.4 Å². The van der Waals surface area contributed by atoms with E-state index >= 15 is 0 Å². The van der Waals surface area contributed by atoms with Gasteiger partial charge in [0.05, 0.1) is 16.8 Å². The van der Waals surface area contributed by atoms with Crippen molar-refractivity contribution in [1.82, 2.24) is 4.98 Å². The second kappa shape index (κ2) is 7.82. The van der Waals surface area contributed by atoms with Crippen LogP contribution in [-0.4, -0.2) is 10.9 Å². The van der Waals surface area contributed by atoms with E-state index in [-0.39, 0.29) is 11.7 Å². The SMILES string of the molecule is O=C(/C=C/c1cccs1)N(Cc1ccccc1)c1nc2ccc(F)cc2s1. The summed E-state index contributed by atoms with van der Waals surface area (Å²) < 4.78 is 14.2. The van der Waals surface area contributed by atoms with Crippen LogP contribution >= 0.6 is 22.7 Å². The van der Waals surface area contributed by atoms with E-state index in [2.05, 4.69) is 4.98 Å². The standard InChI is InChI=1S/C21H15FN2OS2/c22-16-8-10-18-19(13-16)27-21(23-18)24(14-15-5-2-1-3-6-15)20(25)11-9-17-7-4-12-26-17/h1-13H,14H2/b11-9+. The Morgan fingerprint density at radius 2 is 1.96 bits per heavy atom. The molecule has 2 aromatic carbocycles. The number of halogens is 1. The Labute approximate surface area is 164 Å². The van der Waals surface area contributed by atoms with E-state index in [4.69, 9.17) is 0 Å². The number of fused-ring (bicyclic) bond motifs is 1. The summed E-state index contributed by atoms with van der Waals surface area (Å²) in [4.78, 5) is 20.1. The maximum absolute atomic E-state index is 13.5. The number of aromatic nitrogens is 1. The number of carbonyl (C=O) groups is 1. The van der Waals surface area contributed by atoms with Gasteiger partial charge < -0.3 is 0 Å². The maximum Gasteiger partial charge on any atom is 0.253 e. The number of thiazole rings is 1. The van der Waals surface area contributed by atoms with E-state index in [1.165, 1.54) is 23.5 Å². The monoisotopic (exact) mass is 394 g/mol. The highest BCUT2D eigenvalue weighted by Gasteiger charge is 2.18. The number of amides is 1. The summed E-state index contributed by atoms with van der Waals surface area (Å²) in [6, 6.07) is 18.1. The van der Waals surface area contributed by atoms with Crippen molar-refractivity contribution in [2.24, 2.45) is 0 Å². The Hall–Kier alpha value is -2.83. The van der Waals surface area contributed by atoms with Gasteiger partial charge in [0.2, 0.25) is 0 Å². The Bertz CT molecular complexity index is 1090. The van der Waals surface area contributed by atoms with E-state index in [0.29, 0.717) is 17.2 Å². The fourth-order valence-corrected chi connectivity index (χ4v) is 4.25. The minimum absolute atomic E-state index is 0.160. The fourth-order valence-electron chi connectivity index (χ4n) is 2.64. The summed E-state index contributed by atoms with van der Waals surface area (Å²) >= 11 is 2.88. The molecule has 134 valence electrons. The number of benzene rings is 2. The van der Waals surface area contributed by atoms with Crippen LogP contribution in [0.3, 0.4) is 0 Å². The van der Waals surface area contributed by atoms with Gasteiger partial charge in [-0.3, -0.25) is 9.69 Å². The molecule has 0 saturated carbocycles. The zero-order chi connectivity index (χ0) is 18.6. The van der Waals surface area contributed by atoms with Gasteiger partial charge in [-0.05, 0) is 41.3 Å². The van der Waals surface area contributed by atoms with Crippen molar-refractivity contribution in [2.45, 2.75) is 6.54 Å². The molecule has 0 radical (unpaired) electrons. The predicted octanol–water partition coefficient (Wildman–Crippen LogP) is 5.74. The molecule has 0 fully saturated rings. The first-order valence-corrected chi connectivity index (χ1v) is 10.0. The number of hydrogen-bond acceptors (Lipinski definition) is 4. The van der Waals surface area contributed by atoms with E-state index in [1.807, 2.05) is 47.8 Å². The van der Waals surface area contributed by atoms with Crippen LogP contribution in [0.5, 0.6) is 0 Å². The number of hydrogen-bond donors (Lipinski definition) is 0. The second-order valence-corrected chi connectivity index (χ2v) is 7.86. The van der Waals surface area contributed by atoms with Gasteiger partial charge in [-0.25, -0.2) is 9.37 Å². The van der Waals surface area contributed by atoms with Crippen molar-refractivity contribution in [2.75, 3.05) is 4.90 Å². The zero-order valence-corrected chi connectivity index (χ0v) is 15.8. The first-order valence-electron chi connectivity index (χ1n) is 8.32. The molecule has 0 N–H and O–H groups in total. The third-order valence-electron chi connectivity index (χ3n) is 3.95. The van der Waals surface area contributed by atoms with Crippen molar-refractivity contribution in [3.63, 3.8) is 0 Å². The molecule has 0 atom stereocenters. The molecule has 0 bridgehead atoms. The van der Waals surface area contributed by atoms with Gasteiger partial charge in [0.15, 0.2) is 5.13 Å². The van der Waals surface area contributed by atoms with Gasteiger partial charge in [0.1, 0.15) is 5.82 Å². The van der Waals surface area contributed by atoms with E-state index in [1.54, 1.807) is 34.5 Å². The fraction of sp³-hybridized carbons (Fsp3) is 0.0476. The number of carbonyl (C=O) groups excluding carboxylic acids is 1. The molecular weight excluding hydrogens is 379 g/mol. The number of anilines is 1. The van der Waals surface area contributed by atoms with Crippen LogP contribution in [0.25, 0.3) is 16.3 Å². The summed E-state index contributed by atoms with van der Waals surface area (Å²) in [5.74, 6) is -0.469. The zero-order valence-electron chi connectivity index (χ0n) is 14.2. The molecule has 0 aliphatic rings. The quantitative estimate of drug-likeness (QED) is 0.404. The third-order valence-corrected chi connectivity index (χ3v) is 5.83. The summed E-state index contributed by atoms with van der Waals surface area (Å²) in [5.41, 5.74) is 1.69. The summed E-state index contributed by atoms with van der Waals surface area (Å²) in [7, 11) is 0. The Morgan fingerprint density at radius 1 is 1.11 bits per heavy atom. The van der Waals surface area contributed by atoms with Crippen molar-refractivity contribution in [1.29, 1.82) is 0 Å². The average molecular weight is 394 g/mol. The van der Waals surface area contributed by atoms with Crippen molar-refractivity contribution >= 4 is 50.0 Å². The summed E-state index contributed by atoms with van der Waals surface area (Å²) in [6.45, 7) is 0.400. The highest BCUT2D eigenvalue weighted by atomic mass is 32.1. The number of nitrogens with zero attached hydrogens (tertiary/aromatic N) is 2. The molecule has 0 saturated heterocycles. The molecule has 0 aliphatic carbocycles. The minimum atomic E-state index is -0.309. The predicted molar refractivity (Wildman–Crippen MR) is 111 cm³/mol. The van der Waals surface area contributed by atoms with E-state index in [9.17, 15) is 9.18 Å². The van der Waals surface area contributed by atoms with Gasteiger partial charge in [-0.15, -0.1) is 11.3 Å². The Balaban J connectivity index is 1.68. The van der Waals surface area contributed by atoms with Crippen LogP contribution in [0, 0.1) is 5.82 Å². The molecule has 0 unspecified atom stereocenters. The smallest absolute Gasteiger partial charge is 0.253 e. The van der Waals surface area contributed by atoms with Crippen LogP contribution < -0.4 is 4.90 Å². The molecule has 3 nitrogen and oxygen atoms in total. The summed E-state index contributed by atoms with van der Waals surface area (Å²) in [5, 5.41) is 2.52. The maximum atomic E-state index is 13.5. The van der Waals surface area contributed by atoms with Gasteiger partial charge in [0, 0.05) is 11.0 Å². The molecule has 0 aliphatic heterocycles. The Morgan fingerprint density at radius 3 is 2.74 bits per heavy atom. The second-order valence-electron chi connectivity index (χ2n) is 5.87. The lowest BCUT2D eigenvalue weighted by Gasteiger charge is -2.18. The Kier molecular flexibility index (Phi) is 5.09. The largest absolute Gasteiger partial charge is 0.280 e. The van der Waals surface area contributed by atoms with Gasteiger partial charge in [-0.2, -0.15) is 0 Å². The first-order chi connectivity index (χ1) is 13.2. The van der Waals surface area contributed by atoms with Gasteiger partial charge in [-0.1, -0.05) is 47.7 Å². The lowest BCUT2D eigenvalue weighted by atomic mass is 10.2. The molecular formula is C21H15FN2OS2. The van der Waals surface area contributed by atoms with E-state index < -0.39 is 0 Å². The highest BCUT2D eigenvalue weighted by Crippen LogP contribution is 2.30.